The van der Waals surface area contributed by atoms with E-state index in [1.165, 1.54) is 41.7 Å². The zero-order valence-electron chi connectivity index (χ0n) is 47.6. The highest BCUT2D eigenvalue weighted by atomic mass is 16.4. The van der Waals surface area contributed by atoms with Gasteiger partial charge in [-0.1, -0.05) is 44.2 Å². The third-order valence-corrected chi connectivity index (χ3v) is 13.8. The Hall–Kier alpha value is -9.65. The van der Waals surface area contributed by atoms with E-state index in [0.29, 0.717) is 34.1 Å². The molecule has 5 rings (SSSR count). The first-order valence-corrected chi connectivity index (χ1v) is 27.8. The summed E-state index contributed by atoms with van der Waals surface area (Å²) in [5.41, 5.74) is 24.2. The topological polar surface area (TPSA) is 509 Å². The minimum Gasteiger partial charge on any atom is -0.508 e. The number of carboxylic acids is 1. The molecule has 1 saturated heterocycles. The molecule has 2 aromatic carbocycles. The Labute approximate surface area is 493 Å². The number of aromatic hydroxyl groups is 1. The number of guanidine groups is 1. The minimum absolute atomic E-state index is 0.00740. The van der Waals surface area contributed by atoms with Crippen LogP contribution in [0, 0.1) is 5.92 Å². The SMILES string of the molecule is CC(C)C[C@H](NC(=O)CNC(=O)[C@H](Cc1ccc(O)cc1)NC(=O)[C@H](CO)NC(=O)[C@H](Cc1c[nH]c2ccccc12)NC(=O)[C@H](Cc1cnc[nH]1)NC(=O)[C@@H](N)CCC(=O)O)C(=O)N[C@@H](CCCN=C(N)N)C(=O)N1CCC[C@H]1C(=O)NCC(N)=O. The summed E-state index contributed by atoms with van der Waals surface area (Å²) in [4.78, 5) is 163. The average molecular weight is 1200 g/mol. The molecule has 21 N–H and O–H groups in total. The van der Waals surface area contributed by atoms with Gasteiger partial charge in [0.15, 0.2) is 5.96 Å². The number of primary amides is 1. The number of imidazole rings is 1. The Bertz CT molecular complexity index is 3040. The fraction of sp³-hybridized carbons (Fsp3) is 0.473. The number of aliphatic carboxylic acids is 1. The molecular formula is C55H77N17O14. The van der Waals surface area contributed by atoms with Gasteiger partial charge in [-0.15, -0.1) is 0 Å². The number of rotatable bonds is 34. The van der Waals surface area contributed by atoms with Crippen LogP contribution >= 0.6 is 0 Å². The number of nitrogens with two attached hydrogens (primary N) is 4. The number of benzene rings is 2. The van der Waals surface area contributed by atoms with Gasteiger partial charge < -0.3 is 95.7 Å². The Morgan fingerprint density at radius 1 is 0.721 bits per heavy atom. The monoisotopic (exact) mass is 1200 g/mol. The van der Waals surface area contributed by atoms with Gasteiger partial charge in [0.25, 0.3) is 0 Å². The van der Waals surface area contributed by atoms with Gasteiger partial charge in [-0.3, -0.25) is 57.7 Å². The quantitative estimate of drug-likeness (QED) is 0.0119. The number of hydrogen-bond donors (Lipinski definition) is 17. The molecule has 1 aliphatic heterocycles. The standard InChI is InChI=1S/C55H77N17O14/c1-29(2)19-38(49(81)67-37(9-5-17-61-55(58)59)54(86)72-18-6-10-43(72)53(85)63-25-44(57)75)66-45(76)26-64-48(80)39(20-30-11-13-33(74)14-12-30)69-52(84)42(27-73)71-50(82)40(21-31-23-62-36-8-4-3-7-34(31)36)70-51(83)41(22-32-24-60-28-65-32)68-47(79)35(56)15-16-46(77)78/h3-4,7-8,11-14,23-24,28-29,35,37-43,62,73-74H,5-6,9-10,15-22,25-27,56H2,1-2H3,(H2,57,75)(H,60,65)(H,63,85)(H,64,80)(H,66,76)(H,67,81)(H,68,79)(H,69,84)(H,70,83)(H,71,82)(H,77,78)(H4,58,59,61)/t35-,37-,38-,39-,40-,41-,42-,43-/m0/s1. The number of carbonyl (C=O) groups excluding carboxylic acids is 10. The van der Waals surface area contributed by atoms with Crippen molar-refractivity contribution in [2.75, 3.05) is 32.8 Å². The number of carboxylic acid groups (broad SMARTS) is 1. The molecule has 0 bridgehead atoms. The smallest absolute Gasteiger partial charge is 0.303 e. The minimum atomic E-state index is -1.79. The molecule has 86 heavy (non-hydrogen) atoms. The number of phenolic OH excluding ortho intramolecular Hbond substituents is 1. The maximum absolute atomic E-state index is 14.4. The predicted molar refractivity (Wildman–Crippen MR) is 309 cm³/mol. The zero-order valence-corrected chi connectivity index (χ0v) is 47.6. The van der Waals surface area contributed by atoms with Gasteiger partial charge in [0.1, 0.15) is 48.0 Å². The normalized spacial score (nSPS) is 15.3. The molecule has 10 amide bonds. The average Bonchev–Trinajstić information content (AvgIpc) is 2.50. The summed E-state index contributed by atoms with van der Waals surface area (Å²) in [6.45, 7) is 1.54. The molecule has 0 spiro atoms. The van der Waals surface area contributed by atoms with E-state index in [0.717, 1.165) is 0 Å². The summed E-state index contributed by atoms with van der Waals surface area (Å²) in [7, 11) is 0. The summed E-state index contributed by atoms with van der Waals surface area (Å²) in [5, 5.41) is 50.7. The van der Waals surface area contributed by atoms with Gasteiger partial charge in [-0.05, 0) is 73.8 Å². The van der Waals surface area contributed by atoms with Crippen LogP contribution in [0.2, 0.25) is 0 Å². The lowest BCUT2D eigenvalue weighted by molar-refractivity contribution is -0.142. The number of nitrogens with one attached hydrogen (secondary N) is 10. The molecule has 3 heterocycles. The van der Waals surface area contributed by atoms with E-state index < -0.39 is 139 Å². The maximum Gasteiger partial charge on any atom is 0.303 e. The number of H-pyrrole nitrogens is 2. The van der Waals surface area contributed by atoms with Crippen LogP contribution < -0.4 is 65.5 Å². The van der Waals surface area contributed by atoms with Crippen LogP contribution in [-0.4, -0.2) is 187 Å². The van der Waals surface area contributed by atoms with E-state index in [1.54, 1.807) is 44.3 Å². The lowest BCUT2D eigenvalue weighted by atomic mass is 10.0. The molecular weight excluding hydrogens is 1120 g/mol. The number of aliphatic hydroxyl groups excluding tert-OH is 1. The summed E-state index contributed by atoms with van der Waals surface area (Å²) in [5.74, 6) is -10.2. The second kappa shape index (κ2) is 33.0. The van der Waals surface area contributed by atoms with Crippen LogP contribution in [0.4, 0.5) is 0 Å². The number of phenols is 1. The first kappa shape index (κ1) is 67.1. The van der Waals surface area contributed by atoms with E-state index in [-0.39, 0.29) is 82.1 Å². The van der Waals surface area contributed by atoms with Crippen LogP contribution in [0.1, 0.15) is 75.6 Å². The van der Waals surface area contributed by atoms with Crippen LogP contribution in [0.3, 0.4) is 0 Å². The molecule has 0 unspecified atom stereocenters. The number of aromatic nitrogens is 3. The molecule has 1 fully saturated rings. The summed E-state index contributed by atoms with van der Waals surface area (Å²) in [6.07, 6.45) is 3.95. The number of para-hydroxylation sites is 1. The Kier molecular flexibility index (Phi) is 25.8. The van der Waals surface area contributed by atoms with Crippen molar-refractivity contribution in [3.63, 3.8) is 0 Å². The highest BCUT2D eigenvalue weighted by Crippen LogP contribution is 2.22. The predicted octanol–water partition coefficient (Wildman–Crippen LogP) is -4.47. The lowest BCUT2D eigenvalue weighted by Crippen LogP contribution is -2.60. The lowest BCUT2D eigenvalue weighted by Gasteiger charge is -2.30. The van der Waals surface area contributed by atoms with Crippen LogP contribution in [0.5, 0.6) is 5.75 Å². The Morgan fingerprint density at radius 2 is 1.35 bits per heavy atom. The van der Waals surface area contributed by atoms with Crippen molar-refractivity contribution in [3.05, 3.63) is 84.1 Å². The second-order valence-corrected chi connectivity index (χ2v) is 21.0. The van der Waals surface area contributed by atoms with Gasteiger partial charge in [-0.25, -0.2) is 4.98 Å². The summed E-state index contributed by atoms with van der Waals surface area (Å²) < 4.78 is 0. The Balaban J connectivity index is 1.33. The van der Waals surface area contributed by atoms with Crippen molar-refractivity contribution in [1.82, 2.24) is 62.4 Å². The first-order chi connectivity index (χ1) is 40.9. The Morgan fingerprint density at radius 3 is 1.99 bits per heavy atom. The number of hydrogen-bond acceptors (Lipinski definition) is 16. The highest BCUT2D eigenvalue weighted by Gasteiger charge is 2.39. The third-order valence-electron chi connectivity index (χ3n) is 13.8. The maximum atomic E-state index is 14.4. The molecule has 8 atom stereocenters. The molecule has 4 aromatic rings. The van der Waals surface area contributed by atoms with E-state index in [9.17, 15) is 63.0 Å². The molecule has 31 heteroatoms. The van der Waals surface area contributed by atoms with Gasteiger partial charge in [0.2, 0.25) is 59.1 Å². The fourth-order valence-corrected chi connectivity index (χ4v) is 9.40. The molecule has 2 aromatic heterocycles. The van der Waals surface area contributed by atoms with Crippen molar-refractivity contribution in [2.24, 2.45) is 33.8 Å². The molecule has 0 saturated carbocycles. The number of likely N-dealkylation sites (tertiary alicyclic amines) is 1. The van der Waals surface area contributed by atoms with E-state index in [2.05, 4.69) is 62.5 Å². The third kappa shape index (κ3) is 21.2. The zero-order chi connectivity index (χ0) is 63.0. The van der Waals surface area contributed by atoms with Gasteiger partial charge in [0.05, 0.1) is 32.1 Å². The second-order valence-electron chi connectivity index (χ2n) is 21.0. The number of aliphatic imine (C=N–C) groups is 1. The molecule has 0 aliphatic carbocycles. The van der Waals surface area contributed by atoms with Crippen molar-refractivity contribution in [1.29, 1.82) is 0 Å². The largest absolute Gasteiger partial charge is 0.508 e. The van der Waals surface area contributed by atoms with E-state index in [1.807, 2.05) is 0 Å². The van der Waals surface area contributed by atoms with Gasteiger partial charge in [-0.2, -0.15) is 0 Å². The summed E-state index contributed by atoms with van der Waals surface area (Å²) in [6, 6.07) is 1.58. The van der Waals surface area contributed by atoms with E-state index in [4.69, 9.17) is 28.0 Å². The van der Waals surface area contributed by atoms with Crippen LogP contribution in [-0.2, 0) is 72.0 Å². The van der Waals surface area contributed by atoms with Gasteiger partial charge in [0, 0.05) is 67.8 Å². The van der Waals surface area contributed by atoms with Crippen LogP contribution in [0.15, 0.2) is 72.2 Å². The number of amides is 10. The molecule has 1 aliphatic rings. The van der Waals surface area contributed by atoms with Crippen molar-refractivity contribution in [3.8, 4) is 5.75 Å². The number of aliphatic hydroxyl groups is 1. The number of nitrogens with zero attached hydrogens (tertiary/aromatic N) is 3. The van der Waals surface area contributed by atoms with Crippen molar-refractivity contribution < 1.29 is 68.1 Å². The fourth-order valence-electron chi connectivity index (χ4n) is 9.40. The number of fused-ring (bicyclic) bond motifs is 1. The molecule has 0 radical (unpaired) electrons. The van der Waals surface area contributed by atoms with Crippen molar-refractivity contribution >= 4 is 81.9 Å². The van der Waals surface area contributed by atoms with Crippen LogP contribution in [0.25, 0.3) is 10.9 Å². The van der Waals surface area contributed by atoms with Crippen molar-refractivity contribution in [2.45, 2.75) is 126 Å². The number of aromatic amines is 2. The molecule has 31 nitrogen and oxygen atoms in total. The summed E-state index contributed by atoms with van der Waals surface area (Å²) >= 11 is 0. The van der Waals surface area contributed by atoms with Gasteiger partial charge >= 0.3 is 5.97 Å². The number of carbonyl (C=O) groups is 11. The first-order valence-electron chi connectivity index (χ1n) is 27.8. The highest BCUT2D eigenvalue weighted by molar-refractivity contribution is 5.98. The molecule has 466 valence electrons. The van der Waals surface area contributed by atoms with E-state index >= 15 is 0 Å².